The first-order valence-corrected chi connectivity index (χ1v) is 5.30. The molecule has 7 nitrogen and oxygen atoms in total. The Labute approximate surface area is 104 Å². The number of carbonyl (C=O) groups excluding carboxylic acids is 1. The molecule has 0 atom stereocenters. The molecular formula is C11H14N6O. The zero-order valence-electron chi connectivity index (χ0n) is 10.1. The van der Waals surface area contributed by atoms with Gasteiger partial charge in [-0.3, -0.25) is 9.48 Å². The van der Waals surface area contributed by atoms with Crippen LogP contribution in [0.25, 0.3) is 0 Å². The highest BCUT2D eigenvalue weighted by molar-refractivity contribution is 5.98. The standard InChI is InChI=1S/C11H14N6O/c1-6-9(5-17(2)16-6)15-10-3-7(11(13)18)8(12)4-14-10/h3-5H,12H2,1-2H3,(H2,13,18)(H,14,15). The van der Waals surface area contributed by atoms with E-state index in [0.717, 1.165) is 11.4 Å². The van der Waals surface area contributed by atoms with Crippen LogP contribution in [-0.4, -0.2) is 20.7 Å². The summed E-state index contributed by atoms with van der Waals surface area (Å²) in [5, 5.41) is 7.25. The molecule has 1 amide bonds. The van der Waals surface area contributed by atoms with E-state index in [4.69, 9.17) is 11.5 Å². The molecule has 2 aromatic heterocycles. The quantitative estimate of drug-likeness (QED) is 0.732. The van der Waals surface area contributed by atoms with Crippen molar-refractivity contribution in [1.29, 1.82) is 0 Å². The van der Waals surface area contributed by atoms with Crippen LogP contribution in [0.4, 0.5) is 17.2 Å². The lowest BCUT2D eigenvalue weighted by atomic mass is 10.2. The number of amides is 1. The number of nitrogens with one attached hydrogen (secondary N) is 1. The molecule has 0 aliphatic heterocycles. The van der Waals surface area contributed by atoms with E-state index in [-0.39, 0.29) is 11.3 Å². The van der Waals surface area contributed by atoms with Crippen molar-refractivity contribution >= 4 is 23.1 Å². The fourth-order valence-corrected chi connectivity index (χ4v) is 1.61. The van der Waals surface area contributed by atoms with Crippen LogP contribution in [0.2, 0.25) is 0 Å². The summed E-state index contributed by atoms with van der Waals surface area (Å²) in [6, 6.07) is 1.52. The molecule has 7 heteroatoms. The van der Waals surface area contributed by atoms with Crippen LogP contribution in [0.1, 0.15) is 16.1 Å². The van der Waals surface area contributed by atoms with E-state index in [0.29, 0.717) is 5.82 Å². The monoisotopic (exact) mass is 246 g/mol. The Morgan fingerprint density at radius 1 is 1.50 bits per heavy atom. The molecule has 5 N–H and O–H groups in total. The molecule has 0 aromatic carbocycles. The van der Waals surface area contributed by atoms with Crippen LogP contribution in [0.15, 0.2) is 18.5 Å². The van der Waals surface area contributed by atoms with Crippen molar-refractivity contribution in [3.05, 3.63) is 29.7 Å². The molecule has 0 saturated carbocycles. The van der Waals surface area contributed by atoms with E-state index >= 15 is 0 Å². The fourth-order valence-electron chi connectivity index (χ4n) is 1.61. The number of aromatic nitrogens is 3. The van der Waals surface area contributed by atoms with E-state index in [1.807, 2.05) is 20.2 Å². The Bertz CT molecular complexity index is 604. The van der Waals surface area contributed by atoms with Gasteiger partial charge < -0.3 is 16.8 Å². The van der Waals surface area contributed by atoms with E-state index in [1.54, 1.807) is 4.68 Å². The molecule has 18 heavy (non-hydrogen) atoms. The average Bonchev–Trinajstić information content (AvgIpc) is 2.60. The third kappa shape index (κ3) is 2.24. The molecule has 0 spiro atoms. The molecule has 2 aromatic rings. The molecule has 94 valence electrons. The lowest BCUT2D eigenvalue weighted by Gasteiger charge is -2.06. The van der Waals surface area contributed by atoms with Crippen LogP contribution in [0.3, 0.4) is 0 Å². The molecule has 0 aliphatic carbocycles. The number of carbonyl (C=O) groups is 1. The van der Waals surface area contributed by atoms with Crippen LogP contribution in [0.5, 0.6) is 0 Å². The SMILES string of the molecule is Cc1nn(C)cc1Nc1cc(C(N)=O)c(N)cn1. The number of hydrogen-bond donors (Lipinski definition) is 3. The van der Waals surface area contributed by atoms with Crippen molar-refractivity contribution in [2.24, 2.45) is 12.8 Å². The van der Waals surface area contributed by atoms with Crippen LogP contribution >= 0.6 is 0 Å². The number of nitrogens with zero attached hydrogens (tertiary/aromatic N) is 3. The summed E-state index contributed by atoms with van der Waals surface area (Å²) in [5.41, 5.74) is 13.0. The topological polar surface area (TPSA) is 112 Å². The summed E-state index contributed by atoms with van der Waals surface area (Å²) in [7, 11) is 1.82. The molecule has 0 radical (unpaired) electrons. The van der Waals surface area contributed by atoms with Gasteiger partial charge in [-0.25, -0.2) is 4.98 Å². The Hall–Kier alpha value is -2.57. The van der Waals surface area contributed by atoms with Gasteiger partial charge in [0.1, 0.15) is 5.82 Å². The summed E-state index contributed by atoms with van der Waals surface area (Å²) >= 11 is 0. The number of nitrogen functional groups attached to an aromatic ring is 1. The van der Waals surface area contributed by atoms with Gasteiger partial charge in [0.15, 0.2) is 0 Å². The zero-order valence-corrected chi connectivity index (χ0v) is 10.1. The molecule has 0 unspecified atom stereocenters. The summed E-state index contributed by atoms with van der Waals surface area (Å²) in [6.07, 6.45) is 3.21. The molecule has 2 rings (SSSR count). The Morgan fingerprint density at radius 3 is 2.78 bits per heavy atom. The van der Waals surface area contributed by atoms with E-state index in [2.05, 4.69) is 15.4 Å². The number of nitrogens with two attached hydrogens (primary N) is 2. The summed E-state index contributed by atoms with van der Waals surface area (Å²) in [4.78, 5) is 15.3. The fraction of sp³-hybridized carbons (Fsp3) is 0.182. The predicted molar refractivity (Wildman–Crippen MR) is 68.4 cm³/mol. The van der Waals surface area contributed by atoms with Crippen LogP contribution < -0.4 is 16.8 Å². The van der Waals surface area contributed by atoms with Gasteiger partial charge in [-0.15, -0.1) is 0 Å². The Morgan fingerprint density at radius 2 is 2.22 bits per heavy atom. The van der Waals surface area contributed by atoms with Crippen molar-refractivity contribution in [3.63, 3.8) is 0 Å². The lowest BCUT2D eigenvalue weighted by molar-refractivity contribution is 0.100. The normalized spacial score (nSPS) is 10.3. The molecule has 0 aliphatic rings. The smallest absolute Gasteiger partial charge is 0.250 e. The molecule has 0 fully saturated rings. The van der Waals surface area contributed by atoms with Gasteiger partial charge in [0.25, 0.3) is 5.91 Å². The number of pyridine rings is 1. The van der Waals surface area contributed by atoms with Crippen LogP contribution in [0, 0.1) is 6.92 Å². The first kappa shape index (κ1) is 11.9. The summed E-state index contributed by atoms with van der Waals surface area (Å²) in [5.74, 6) is -0.0880. The molecular weight excluding hydrogens is 232 g/mol. The van der Waals surface area contributed by atoms with Gasteiger partial charge in [0.05, 0.1) is 28.8 Å². The number of primary amides is 1. The highest BCUT2D eigenvalue weighted by Crippen LogP contribution is 2.20. The lowest BCUT2D eigenvalue weighted by Crippen LogP contribution is -2.14. The third-order valence-corrected chi connectivity index (χ3v) is 2.48. The largest absolute Gasteiger partial charge is 0.397 e. The van der Waals surface area contributed by atoms with Crippen molar-refractivity contribution in [2.45, 2.75) is 6.92 Å². The van der Waals surface area contributed by atoms with Gasteiger partial charge in [0, 0.05) is 13.2 Å². The Balaban J connectivity index is 2.32. The first-order valence-electron chi connectivity index (χ1n) is 5.30. The second-order valence-electron chi connectivity index (χ2n) is 3.95. The predicted octanol–water partition coefficient (Wildman–Crippen LogP) is 0.548. The number of aryl methyl sites for hydroxylation is 2. The minimum absolute atomic E-state index is 0.244. The number of hydrogen-bond acceptors (Lipinski definition) is 5. The minimum Gasteiger partial charge on any atom is -0.397 e. The van der Waals surface area contributed by atoms with E-state index < -0.39 is 5.91 Å². The first-order chi connectivity index (χ1) is 8.47. The minimum atomic E-state index is -0.583. The van der Waals surface area contributed by atoms with Crippen molar-refractivity contribution < 1.29 is 4.79 Å². The number of rotatable bonds is 3. The van der Waals surface area contributed by atoms with Gasteiger partial charge in [-0.05, 0) is 13.0 Å². The Kier molecular flexibility index (Phi) is 2.88. The van der Waals surface area contributed by atoms with E-state index in [9.17, 15) is 4.79 Å². The maximum Gasteiger partial charge on any atom is 0.250 e. The molecule has 0 bridgehead atoms. The zero-order chi connectivity index (χ0) is 13.3. The van der Waals surface area contributed by atoms with Gasteiger partial charge in [-0.1, -0.05) is 0 Å². The highest BCUT2D eigenvalue weighted by atomic mass is 16.1. The van der Waals surface area contributed by atoms with Gasteiger partial charge >= 0.3 is 0 Å². The van der Waals surface area contributed by atoms with Gasteiger partial charge in [0.2, 0.25) is 0 Å². The summed E-state index contributed by atoms with van der Waals surface area (Å²) in [6.45, 7) is 1.87. The summed E-state index contributed by atoms with van der Waals surface area (Å²) < 4.78 is 1.68. The third-order valence-electron chi connectivity index (χ3n) is 2.48. The molecule has 2 heterocycles. The average molecular weight is 246 g/mol. The second kappa shape index (κ2) is 4.36. The van der Waals surface area contributed by atoms with Crippen LogP contribution in [-0.2, 0) is 7.05 Å². The number of anilines is 3. The van der Waals surface area contributed by atoms with Crippen molar-refractivity contribution in [3.8, 4) is 0 Å². The van der Waals surface area contributed by atoms with Crippen molar-refractivity contribution in [2.75, 3.05) is 11.1 Å². The molecule has 0 saturated heterocycles. The van der Waals surface area contributed by atoms with Crippen molar-refractivity contribution in [1.82, 2.24) is 14.8 Å². The second-order valence-corrected chi connectivity index (χ2v) is 3.95. The van der Waals surface area contributed by atoms with E-state index in [1.165, 1.54) is 12.3 Å². The maximum atomic E-state index is 11.2. The maximum absolute atomic E-state index is 11.2. The van der Waals surface area contributed by atoms with Gasteiger partial charge in [-0.2, -0.15) is 5.10 Å². The highest BCUT2D eigenvalue weighted by Gasteiger charge is 2.09.